The van der Waals surface area contributed by atoms with E-state index in [1.54, 1.807) is 13.2 Å². The lowest BCUT2D eigenvalue weighted by Crippen LogP contribution is -2.21. The number of aryl methyl sites for hydroxylation is 1. The summed E-state index contributed by atoms with van der Waals surface area (Å²) in [5.41, 5.74) is 4.22. The highest BCUT2D eigenvalue weighted by Gasteiger charge is 2.30. The Bertz CT molecular complexity index is 1000. The first kappa shape index (κ1) is 21.1. The zero-order valence-corrected chi connectivity index (χ0v) is 18.4. The van der Waals surface area contributed by atoms with Crippen LogP contribution in [0.3, 0.4) is 0 Å². The van der Waals surface area contributed by atoms with Crippen LogP contribution < -0.4 is 10.0 Å². The average Bonchev–Trinajstić information content (AvgIpc) is 2.75. The molecule has 2 atom stereocenters. The lowest BCUT2D eigenvalue weighted by Gasteiger charge is -2.31. The molecule has 0 aliphatic rings. The first-order chi connectivity index (χ1) is 14.0. The third-order valence-electron chi connectivity index (χ3n) is 5.34. The summed E-state index contributed by atoms with van der Waals surface area (Å²) >= 11 is 0. The molecule has 29 heavy (non-hydrogen) atoms. The van der Waals surface area contributed by atoms with Crippen molar-refractivity contribution < 1.29 is 9.84 Å². The summed E-state index contributed by atoms with van der Waals surface area (Å²) in [6.07, 6.45) is 2.85. The summed E-state index contributed by atoms with van der Waals surface area (Å²) in [5.74, 6) is 0.752. The largest absolute Gasteiger partial charge is 0.504 e. The van der Waals surface area contributed by atoms with Crippen LogP contribution in [0, 0.1) is 6.92 Å². The van der Waals surface area contributed by atoms with E-state index in [9.17, 15) is 5.11 Å². The second-order valence-electron chi connectivity index (χ2n) is 7.30. The summed E-state index contributed by atoms with van der Waals surface area (Å²) in [7, 11) is 2.07. The van der Waals surface area contributed by atoms with Crippen LogP contribution in [0.5, 0.6) is 11.5 Å². The second-order valence-corrected chi connectivity index (χ2v) is 9.15. The molecule has 0 spiro atoms. The molecule has 0 heterocycles. The van der Waals surface area contributed by atoms with Crippen molar-refractivity contribution in [1.82, 2.24) is 0 Å². The number of hydrogen-bond donors (Lipinski definition) is 1. The maximum Gasteiger partial charge on any atom is 0.161 e. The minimum atomic E-state index is -0.208. The summed E-state index contributed by atoms with van der Waals surface area (Å²) in [5, 5.41) is 11.8. The third-order valence-corrected chi connectivity index (χ3v) is 7.44. The van der Waals surface area contributed by atoms with Gasteiger partial charge in [0, 0.05) is 22.5 Å². The molecule has 0 saturated heterocycles. The Morgan fingerprint density at radius 1 is 1.03 bits per heavy atom. The summed E-state index contributed by atoms with van der Waals surface area (Å²) < 4.78 is 5.34. The quantitative estimate of drug-likeness (QED) is 0.382. The van der Waals surface area contributed by atoms with E-state index in [1.165, 1.54) is 10.9 Å². The number of phenolic OH excluding ortho intramolecular Hbond substituents is 1. The molecule has 0 fully saturated rings. The fraction of sp³-hybridized carbons (Fsp3) is 0.240. The van der Waals surface area contributed by atoms with Crippen molar-refractivity contribution in [3.05, 3.63) is 83.4 Å². The van der Waals surface area contributed by atoms with E-state index in [-0.39, 0.29) is 10.9 Å². The van der Waals surface area contributed by atoms with Crippen LogP contribution in [0.15, 0.2) is 71.7 Å². The standard InChI is InChI=1S/C25H28NO2P/c1-5-25(3,21-15-10-16-22(28-4)23(21)27)29-24-18(2)11-9-12-19(24)17-26-20-13-7-6-8-14-20/h6-17,27,29H,5H2,1-4H3/b26-17+. The lowest BCUT2D eigenvalue weighted by atomic mass is 9.96. The number of aromatic hydroxyl groups is 1. The fourth-order valence-corrected chi connectivity index (χ4v) is 5.02. The molecule has 1 N–H and O–H groups in total. The number of nitrogens with zero attached hydrogens (tertiary/aromatic N) is 1. The molecule has 0 aliphatic carbocycles. The van der Waals surface area contributed by atoms with Crippen LogP contribution >= 0.6 is 8.58 Å². The van der Waals surface area contributed by atoms with Crippen molar-refractivity contribution in [2.24, 2.45) is 4.99 Å². The summed E-state index contributed by atoms with van der Waals surface area (Å²) in [6.45, 7) is 6.52. The molecule has 0 amide bonds. The van der Waals surface area contributed by atoms with Crippen LogP contribution in [0.2, 0.25) is 0 Å². The molecule has 0 radical (unpaired) electrons. The first-order valence-corrected chi connectivity index (χ1v) is 10.8. The van der Waals surface area contributed by atoms with Gasteiger partial charge in [0.15, 0.2) is 11.5 Å². The minimum absolute atomic E-state index is 0.208. The topological polar surface area (TPSA) is 41.8 Å². The van der Waals surface area contributed by atoms with Crippen molar-refractivity contribution in [2.75, 3.05) is 7.11 Å². The van der Waals surface area contributed by atoms with Crippen LogP contribution in [-0.2, 0) is 5.16 Å². The molecule has 2 unspecified atom stereocenters. The molecule has 3 aromatic carbocycles. The molecular formula is C25H28NO2P. The van der Waals surface area contributed by atoms with Crippen molar-refractivity contribution >= 4 is 25.8 Å². The number of aliphatic imine (C=N–C) groups is 1. The molecule has 0 bridgehead atoms. The molecule has 3 aromatic rings. The van der Waals surface area contributed by atoms with Crippen molar-refractivity contribution in [3.8, 4) is 11.5 Å². The summed E-state index contributed by atoms with van der Waals surface area (Å²) in [6, 6.07) is 22.0. The Morgan fingerprint density at radius 2 is 1.76 bits per heavy atom. The monoisotopic (exact) mass is 405 g/mol. The highest BCUT2D eigenvalue weighted by Crippen LogP contribution is 2.49. The predicted molar refractivity (Wildman–Crippen MR) is 125 cm³/mol. The van der Waals surface area contributed by atoms with Crippen LogP contribution in [-0.4, -0.2) is 18.4 Å². The number of benzene rings is 3. The second kappa shape index (κ2) is 9.24. The Morgan fingerprint density at radius 3 is 2.45 bits per heavy atom. The molecule has 3 nitrogen and oxygen atoms in total. The Hall–Kier alpha value is -2.64. The maximum atomic E-state index is 10.8. The molecule has 150 valence electrons. The highest BCUT2D eigenvalue weighted by atomic mass is 31.1. The lowest BCUT2D eigenvalue weighted by molar-refractivity contribution is 0.367. The van der Waals surface area contributed by atoms with E-state index < -0.39 is 0 Å². The van der Waals surface area contributed by atoms with E-state index in [0.29, 0.717) is 14.3 Å². The Kier molecular flexibility index (Phi) is 6.71. The smallest absolute Gasteiger partial charge is 0.161 e. The average molecular weight is 405 g/mol. The van der Waals surface area contributed by atoms with Gasteiger partial charge >= 0.3 is 0 Å². The third kappa shape index (κ3) is 4.68. The normalized spacial score (nSPS) is 13.8. The van der Waals surface area contributed by atoms with Gasteiger partial charge in [-0.05, 0) is 42.4 Å². The highest BCUT2D eigenvalue weighted by molar-refractivity contribution is 7.49. The van der Waals surface area contributed by atoms with Crippen LogP contribution in [0.4, 0.5) is 5.69 Å². The van der Waals surface area contributed by atoms with E-state index in [1.807, 2.05) is 48.7 Å². The minimum Gasteiger partial charge on any atom is -0.504 e. The first-order valence-electron chi connectivity index (χ1n) is 9.82. The number of methoxy groups -OCH3 is 1. The van der Waals surface area contributed by atoms with E-state index in [2.05, 4.69) is 44.0 Å². The number of hydrogen-bond acceptors (Lipinski definition) is 3. The molecule has 0 aromatic heterocycles. The van der Waals surface area contributed by atoms with Gasteiger partial charge in [0.1, 0.15) is 0 Å². The number of ether oxygens (including phenoxy) is 1. The predicted octanol–water partition coefficient (Wildman–Crippen LogP) is 6.09. The van der Waals surface area contributed by atoms with Crippen molar-refractivity contribution in [3.63, 3.8) is 0 Å². The molecular weight excluding hydrogens is 377 g/mol. The van der Waals surface area contributed by atoms with Crippen LogP contribution in [0.1, 0.15) is 37.0 Å². The summed E-state index contributed by atoms with van der Waals surface area (Å²) in [4.78, 5) is 4.66. The number of para-hydroxylation sites is 2. The van der Waals surface area contributed by atoms with E-state index in [0.717, 1.165) is 23.2 Å². The Labute approximate surface area is 175 Å². The molecule has 4 heteroatoms. The zero-order chi connectivity index (χ0) is 20.9. The van der Waals surface area contributed by atoms with Gasteiger partial charge < -0.3 is 9.84 Å². The zero-order valence-electron chi connectivity index (χ0n) is 17.4. The van der Waals surface area contributed by atoms with Gasteiger partial charge in [0.2, 0.25) is 0 Å². The fourth-order valence-electron chi connectivity index (χ4n) is 3.38. The van der Waals surface area contributed by atoms with Gasteiger partial charge in [-0.1, -0.05) is 71.0 Å². The SMILES string of the molecule is CCC(C)(Pc1c(C)cccc1/C=N/c1ccccc1)c1cccc(OC)c1O. The molecule has 0 aliphatic heterocycles. The number of phenols is 1. The molecule has 0 saturated carbocycles. The van der Waals surface area contributed by atoms with Gasteiger partial charge in [-0.25, -0.2) is 0 Å². The van der Waals surface area contributed by atoms with Crippen LogP contribution in [0.25, 0.3) is 0 Å². The van der Waals surface area contributed by atoms with E-state index >= 15 is 0 Å². The molecule has 3 rings (SSSR count). The van der Waals surface area contributed by atoms with E-state index in [4.69, 9.17) is 4.74 Å². The number of rotatable bonds is 7. The van der Waals surface area contributed by atoms with Gasteiger partial charge in [0.05, 0.1) is 12.8 Å². The van der Waals surface area contributed by atoms with Gasteiger partial charge in [-0.2, -0.15) is 0 Å². The van der Waals surface area contributed by atoms with Gasteiger partial charge in [-0.15, -0.1) is 0 Å². The van der Waals surface area contributed by atoms with Crippen molar-refractivity contribution in [1.29, 1.82) is 0 Å². The van der Waals surface area contributed by atoms with Gasteiger partial charge in [-0.3, -0.25) is 4.99 Å². The van der Waals surface area contributed by atoms with Crippen molar-refractivity contribution in [2.45, 2.75) is 32.3 Å². The maximum absolute atomic E-state index is 10.8. The van der Waals surface area contributed by atoms with Gasteiger partial charge in [0.25, 0.3) is 0 Å². The Balaban J connectivity index is 2.01.